The Hall–Kier alpha value is -2.68. The van der Waals surface area contributed by atoms with Crippen molar-refractivity contribution >= 4 is 34.2 Å². The van der Waals surface area contributed by atoms with Gasteiger partial charge in [-0.3, -0.25) is 0 Å². The molecule has 6 heteroatoms. The Bertz CT molecular complexity index is 971. The highest BCUT2D eigenvalue weighted by molar-refractivity contribution is 7.11. The second-order valence-corrected chi connectivity index (χ2v) is 6.62. The molecule has 3 nitrogen and oxygen atoms in total. The summed E-state index contributed by atoms with van der Waals surface area (Å²) in [6.07, 6.45) is 1.54. The summed E-state index contributed by atoms with van der Waals surface area (Å²) >= 11 is 7.27. The minimum Gasteiger partial charge on any atom is -0.360 e. The molecule has 0 aliphatic rings. The third-order valence-electron chi connectivity index (χ3n) is 3.55. The molecule has 0 amide bonds. The molecule has 0 bridgehead atoms. The van der Waals surface area contributed by atoms with Crippen LogP contribution in [0.3, 0.4) is 0 Å². The molecule has 25 heavy (non-hydrogen) atoms. The maximum atomic E-state index is 13.6. The van der Waals surface area contributed by atoms with E-state index >= 15 is 0 Å². The molecular formula is C19H13ClFN3S. The molecule has 0 aliphatic carbocycles. The lowest BCUT2D eigenvalue weighted by molar-refractivity contribution is 0.619. The second-order valence-electron chi connectivity index (χ2n) is 5.32. The van der Waals surface area contributed by atoms with Gasteiger partial charge in [-0.25, -0.2) is 9.37 Å². The molecule has 3 rings (SSSR count). The van der Waals surface area contributed by atoms with Gasteiger partial charge < -0.3 is 5.32 Å². The number of anilines is 1. The van der Waals surface area contributed by atoms with Crippen LogP contribution in [0.2, 0.25) is 5.02 Å². The zero-order valence-electron chi connectivity index (χ0n) is 13.3. The molecule has 0 saturated heterocycles. The average Bonchev–Trinajstić information content (AvgIpc) is 3.09. The molecule has 0 saturated carbocycles. The normalized spacial score (nSPS) is 11.2. The Morgan fingerprint density at radius 2 is 2.04 bits per heavy atom. The minimum atomic E-state index is -0.295. The molecule has 3 aromatic rings. The summed E-state index contributed by atoms with van der Waals surface area (Å²) in [4.78, 5) is 4.50. The van der Waals surface area contributed by atoms with Gasteiger partial charge in [-0.2, -0.15) is 5.26 Å². The van der Waals surface area contributed by atoms with Crippen LogP contribution < -0.4 is 5.32 Å². The van der Waals surface area contributed by atoms with Gasteiger partial charge in [-0.15, -0.1) is 11.3 Å². The van der Waals surface area contributed by atoms with Gasteiger partial charge in [0.2, 0.25) is 0 Å². The number of nitrogens with one attached hydrogen (secondary N) is 1. The van der Waals surface area contributed by atoms with Crippen LogP contribution >= 0.6 is 22.9 Å². The fourth-order valence-electron chi connectivity index (χ4n) is 2.13. The van der Waals surface area contributed by atoms with Crippen LogP contribution in [-0.2, 0) is 0 Å². The van der Waals surface area contributed by atoms with E-state index in [1.807, 2.05) is 17.5 Å². The van der Waals surface area contributed by atoms with Crippen LogP contribution in [0.4, 0.5) is 10.1 Å². The van der Waals surface area contributed by atoms with Gasteiger partial charge in [0.25, 0.3) is 0 Å². The molecule has 1 heterocycles. The monoisotopic (exact) mass is 369 g/mol. The van der Waals surface area contributed by atoms with E-state index in [9.17, 15) is 9.65 Å². The lowest BCUT2D eigenvalue weighted by Gasteiger charge is -2.03. The number of allylic oxidation sites excluding steroid dienone is 1. The van der Waals surface area contributed by atoms with Crippen LogP contribution in [0.1, 0.15) is 10.6 Å². The number of benzene rings is 2. The number of rotatable bonds is 4. The zero-order valence-corrected chi connectivity index (χ0v) is 14.8. The molecule has 1 aromatic heterocycles. The molecule has 0 spiro atoms. The van der Waals surface area contributed by atoms with Gasteiger partial charge in [0, 0.05) is 27.9 Å². The molecule has 0 fully saturated rings. The topological polar surface area (TPSA) is 48.7 Å². The first kappa shape index (κ1) is 17.2. The molecular weight excluding hydrogens is 357 g/mol. The number of thiazole rings is 1. The van der Waals surface area contributed by atoms with Crippen molar-refractivity contribution in [2.45, 2.75) is 6.92 Å². The quantitative estimate of drug-likeness (QED) is 0.583. The van der Waals surface area contributed by atoms with Gasteiger partial charge in [-0.1, -0.05) is 29.8 Å². The van der Waals surface area contributed by atoms with Crippen molar-refractivity contribution in [1.82, 2.24) is 4.98 Å². The van der Waals surface area contributed by atoms with Crippen molar-refractivity contribution in [2.75, 3.05) is 5.32 Å². The predicted molar refractivity (Wildman–Crippen MR) is 101 cm³/mol. The second kappa shape index (κ2) is 7.47. The number of halogens is 2. The van der Waals surface area contributed by atoms with E-state index in [4.69, 9.17) is 11.6 Å². The van der Waals surface area contributed by atoms with Crippen molar-refractivity contribution < 1.29 is 4.39 Å². The first-order valence-corrected chi connectivity index (χ1v) is 8.67. The number of nitrogens with zero attached hydrogens (tertiary/aromatic N) is 2. The van der Waals surface area contributed by atoms with Crippen LogP contribution in [0, 0.1) is 24.1 Å². The van der Waals surface area contributed by atoms with Gasteiger partial charge in [0.15, 0.2) is 0 Å². The van der Waals surface area contributed by atoms with E-state index in [0.717, 1.165) is 11.3 Å². The molecule has 0 aliphatic heterocycles. The van der Waals surface area contributed by atoms with Crippen molar-refractivity contribution in [2.24, 2.45) is 0 Å². The molecule has 0 unspecified atom stereocenters. The van der Waals surface area contributed by atoms with Crippen molar-refractivity contribution in [3.8, 4) is 17.3 Å². The predicted octanol–water partition coefficient (Wildman–Crippen LogP) is 5.89. The standard InChI is InChI=1S/C19H13ClFN3S/c1-12-2-7-16(8-17(12)21)23-10-14(9-22)19-24-18(11-25-19)13-3-5-15(20)6-4-13/h2-8,10-11,23H,1H3/b14-10+. The van der Waals surface area contributed by atoms with Crippen LogP contribution in [-0.4, -0.2) is 4.98 Å². The largest absolute Gasteiger partial charge is 0.360 e. The smallest absolute Gasteiger partial charge is 0.136 e. The summed E-state index contributed by atoms with van der Waals surface area (Å²) in [5.41, 5.74) is 3.23. The Morgan fingerprint density at radius 1 is 1.28 bits per heavy atom. The Balaban J connectivity index is 1.82. The summed E-state index contributed by atoms with van der Waals surface area (Å²) in [6, 6.07) is 14.3. The van der Waals surface area contributed by atoms with Crippen LogP contribution in [0.15, 0.2) is 54.0 Å². The third-order valence-corrected chi connectivity index (χ3v) is 4.68. The number of hydrogen-bond donors (Lipinski definition) is 1. The fourth-order valence-corrected chi connectivity index (χ4v) is 3.05. The highest BCUT2D eigenvalue weighted by Crippen LogP contribution is 2.27. The van der Waals surface area contributed by atoms with Gasteiger partial charge in [0.05, 0.1) is 5.69 Å². The summed E-state index contributed by atoms with van der Waals surface area (Å²) in [5.74, 6) is -0.295. The summed E-state index contributed by atoms with van der Waals surface area (Å²) in [7, 11) is 0. The van der Waals surface area contributed by atoms with Crippen molar-refractivity contribution in [3.05, 3.63) is 75.5 Å². The molecule has 2 aromatic carbocycles. The van der Waals surface area contributed by atoms with Crippen molar-refractivity contribution in [3.63, 3.8) is 0 Å². The zero-order chi connectivity index (χ0) is 17.8. The van der Waals surface area contributed by atoms with E-state index in [1.165, 1.54) is 23.6 Å². The minimum absolute atomic E-state index is 0.295. The lowest BCUT2D eigenvalue weighted by Crippen LogP contribution is -1.93. The van der Waals surface area contributed by atoms with E-state index in [1.54, 1.807) is 31.2 Å². The molecule has 1 N–H and O–H groups in total. The van der Waals surface area contributed by atoms with E-state index in [0.29, 0.717) is 26.9 Å². The maximum absolute atomic E-state index is 13.6. The Labute approximate surface area is 154 Å². The van der Waals surface area contributed by atoms with Gasteiger partial charge in [-0.05, 0) is 36.8 Å². The Morgan fingerprint density at radius 3 is 2.72 bits per heavy atom. The number of nitriles is 1. The van der Waals surface area contributed by atoms with E-state index in [-0.39, 0.29) is 5.82 Å². The molecule has 124 valence electrons. The van der Waals surface area contributed by atoms with Gasteiger partial charge in [0.1, 0.15) is 22.5 Å². The highest BCUT2D eigenvalue weighted by Gasteiger charge is 2.09. The third kappa shape index (κ3) is 4.05. The summed E-state index contributed by atoms with van der Waals surface area (Å²) in [6.45, 7) is 1.70. The average molecular weight is 370 g/mol. The summed E-state index contributed by atoms with van der Waals surface area (Å²) in [5, 5.41) is 15.5. The number of aromatic nitrogens is 1. The van der Waals surface area contributed by atoms with Crippen molar-refractivity contribution in [1.29, 1.82) is 5.26 Å². The van der Waals surface area contributed by atoms with E-state index in [2.05, 4.69) is 16.4 Å². The number of hydrogen-bond acceptors (Lipinski definition) is 4. The molecule has 0 radical (unpaired) electrons. The number of aryl methyl sites for hydroxylation is 1. The molecule has 0 atom stereocenters. The fraction of sp³-hybridized carbons (Fsp3) is 0.0526. The van der Waals surface area contributed by atoms with Crippen LogP contribution in [0.5, 0.6) is 0 Å². The SMILES string of the molecule is Cc1ccc(N/C=C(\C#N)c2nc(-c3ccc(Cl)cc3)cs2)cc1F. The first-order valence-electron chi connectivity index (χ1n) is 7.41. The Kier molecular flexibility index (Phi) is 5.13. The van der Waals surface area contributed by atoms with Crippen LogP contribution in [0.25, 0.3) is 16.8 Å². The first-order chi connectivity index (χ1) is 12.1. The highest BCUT2D eigenvalue weighted by atomic mass is 35.5. The van der Waals surface area contributed by atoms with Gasteiger partial charge >= 0.3 is 0 Å². The summed E-state index contributed by atoms with van der Waals surface area (Å²) < 4.78 is 13.6. The van der Waals surface area contributed by atoms with E-state index < -0.39 is 0 Å². The maximum Gasteiger partial charge on any atom is 0.136 e. The lowest BCUT2D eigenvalue weighted by atomic mass is 10.2.